The standard InChI is InChI=1S/C19H32BrO2Si/c1-14(22-23(8,9)19(5,6)7)17(18(2,3)4)21-16-12-10-11-15(20)13-16/h10-14,17H,1H2,2-9H3. The summed E-state index contributed by atoms with van der Waals surface area (Å²) >= 11 is 3.49. The minimum atomic E-state index is -1.89. The lowest BCUT2D eigenvalue weighted by Gasteiger charge is -2.43. The second kappa shape index (κ2) is 7.28. The van der Waals surface area contributed by atoms with E-state index in [1.807, 2.05) is 24.3 Å². The molecule has 1 aromatic rings. The van der Waals surface area contributed by atoms with E-state index < -0.39 is 8.32 Å². The monoisotopic (exact) mass is 399 g/mol. The predicted octanol–water partition coefficient (Wildman–Crippen LogP) is 6.47. The Morgan fingerprint density at radius 2 is 1.65 bits per heavy atom. The summed E-state index contributed by atoms with van der Waals surface area (Å²) in [5, 5.41) is 0.154. The van der Waals surface area contributed by atoms with Crippen molar-refractivity contribution in [2.24, 2.45) is 5.41 Å². The SMILES string of the molecule is [CH2]C(O[Si](C)(C)C(C)(C)C)C(Oc1cccc(Br)c1)C(C)(C)C. The van der Waals surface area contributed by atoms with Gasteiger partial charge in [-0.05, 0) is 43.3 Å². The Balaban J connectivity index is 2.99. The average Bonchev–Trinajstić information content (AvgIpc) is 2.32. The molecule has 0 spiro atoms. The fourth-order valence-corrected chi connectivity index (χ4v) is 3.73. The second-order valence-corrected chi connectivity index (χ2v) is 14.5. The van der Waals surface area contributed by atoms with Crippen molar-refractivity contribution in [1.82, 2.24) is 0 Å². The Kier molecular flexibility index (Phi) is 6.56. The van der Waals surface area contributed by atoms with Crippen LogP contribution >= 0.6 is 15.9 Å². The molecule has 0 aliphatic rings. The summed E-state index contributed by atoms with van der Waals surface area (Å²) in [5.74, 6) is 0.840. The molecular weight excluding hydrogens is 368 g/mol. The third-order valence-electron chi connectivity index (χ3n) is 4.50. The van der Waals surface area contributed by atoms with Gasteiger partial charge in [0.15, 0.2) is 8.32 Å². The smallest absolute Gasteiger partial charge is 0.192 e. The first-order valence-corrected chi connectivity index (χ1v) is 11.9. The Hall–Kier alpha value is -0.323. The van der Waals surface area contributed by atoms with E-state index in [-0.39, 0.29) is 22.7 Å². The largest absolute Gasteiger partial charge is 0.487 e. The Morgan fingerprint density at radius 1 is 1.09 bits per heavy atom. The molecule has 0 saturated heterocycles. The highest BCUT2D eigenvalue weighted by Gasteiger charge is 2.42. The number of halogens is 1. The van der Waals surface area contributed by atoms with Crippen LogP contribution < -0.4 is 4.74 Å². The highest BCUT2D eigenvalue weighted by molar-refractivity contribution is 9.10. The maximum absolute atomic E-state index is 6.48. The molecule has 0 fully saturated rings. The van der Waals surface area contributed by atoms with Crippen LogP contribution in [0.2, 0.25) is 18.1 Å². The highest BCUT2D eigenvalue weighted by atomic mass is 79.9. The molecule has 0 aliphatic heterocycles. The van der Waals surface area contributed by atoms with E-state index in [0.717, 1.165) is 10.2 Å². The first-order valence-electron chi connectivity index (χ1n) is 8.17. The van der Waals surface area contributed by atoms with E-state index in [4.69, 9.17) is 9.16 Å². The molecule has 1 rings (SSSR count). The summed E-state index contributed by atoms with van der Waals surface area (Å²) in [5.41, 5.74) is -0.0723. The van der Waals surface area contributed by atoms with Crippen LogP contribution in [0.3, 0.4) is 0 Å². The minimum absolute atomic E-state index is 0.0723. The van der Waals surface area contributed by atoms with Gasteiger partial charge in [0.1, 0.15) is 11.9 Å². The lowest BCUT2D eigenvalue weighted by Crippen LogP contribution is -2.50. The van der Waals surface area contributed by atoms with Crippen LogP contribution in [0.5, 0.6) is 5.75 Å². The van der Waals surface area contributed by atoms with E-state index in [2.05, 4.69) is 77.5 Å². The molecule has 0 saturated carbocycles. The van der Waals surface area contributed by atoms with E-state index >= 15 is 0 Å². The van der Waals surface area contributed by atoms with Crippen LogP contribution in [-0.4, -0.2) is 20.5 Å². The van der Waals surface area contributed by atoms with Gasteiger partial charge in [-0.15, -0.1) is 0 Å². The van der Waals surface area contributed by atoms with Gasteiger partial charge in [-0.3, -0.25) is 0 Å². The van der Waals surface area contributed by atoms with E-state index in [1.54, 1.807) is 0 Å². The lowest BCUT2D eigenvalue weighted by atomic mass is 9.86. The molecule has 0 aliphatic carbocycles. The molecule has 1 aromatic carbocycles. The van der Waals surface area contributed by atoms with Crippen LogP contribution in [0.4, 0.5) is 0 Å². The van der Waals surface area contributed by atoms with Crippen molar-refractivity contribution in [1.29, 1.82) is 0 Å². The van der Waals surface area contributed by atoms with Gasteiger partial charge in [0, 0.05) is 9.89 Å². The van der Waals surface area contributed by atoms with Crippen molar-refractivity contribution in [2.75, 3.05) is 0 Å². The summed E-state index contributed by atoms with van der Waals surface area (Å²) < 4.78 is 13.8. The van der Waals surface area contributed by atoms with Crippen LogP contribution in [-0.2, 0) is 4.43 Å². The predicted molar refractivity (Wildman–Crippen MR) is 105 cm³/mol. The normalized spacial score (nSPS) is 16.1. The molecule has 2 unspecified atom stereocenters. The minimum Gasteiger partial charge on any atom is -0.487 e. The van der Waals surface area contributed by atoms with Crippen molar-refractivity contribution < 1.29 is 9.16 Å². The van der Waals surface area contributed by atoms with Crippen molar-refractivity contribution in [3.63, 3.8) is 0 Å². The Bertz CT molecular complexity index is 515. The van der Waals surface area contributed by atoms with Crippen LogP contribution in [0, 0.1) is 12.3 Å². The van der Waals surface area contributed by atoms with E-state index in [0.29, 0.717) is 0 Å². The number of rotatable bonds is 5. The van der Waals surface area contributed by atoms with E-state index in [1.165, 1.54) is 0 Å². The average molecular weight is 400 g/mol. The quantitative estimate of drug-likeness (QED) is 0.528. The fourth-order valence-electron chi connectivity index (χ4n) is 2.11. The number of ether oxygens (including phenoxy) is 1. The van der Waals surface area contributed by atoms with Gasteiger partial charge in [-0.2, -0.15) is 0 Å². The molecule has 0 bridgehead atoms. The third-order valence-corrected chi connectivity index (χ3v) is 9.50. The van der Waals surface area contributed by atoms with Gasteiger partial charge in [-0.25, -0.2) is 0 Å². The molecule has 0 heterocycles. The maximum Gasteiger partial charge on any atom is 0.192 e. The molecule has 4 heteroatoms. The van der Waals surface area contributed by atoms with Crippen molar-refractivity contribution in [3.05, 3.63) is 35.7 Å². The molecule has 23 heavy (non-hydrogen) atoms. The summed E-state index contributed by atoms with van der Waals surface area (Å²) in [6.07, 6.45) is -0.333. The van der Waals surface area contributed by atoms with Gasteiger partial charge in [0.25, 0.3) is 0 Å². The molecule has 0 amide bonds. The Morgan fingerprint density at radius 3 is 2.09 bits per heavy atom. The van der Waals surface area contributed by atoms with Gasteiger partial charge >= 0.3 is 0 Å². The summed E-state index contributed by atoms with van der Waals surface area (Å²) in [6.45, 7) is 22.0. The van der Waals surface area contributed by atoms with Crippen molar-refractivity contribution in [2.45, 2.75) is 71.9 Å². The molecule has 0 aromatic heterocycles. The summed E-state index contributed by atoms with van der Waals surface area (Å²) in [6, 6.07) is 7.93. The van der Waals surface area contributed by atoms with Gasteiger partial charge < -0.3 is 9.16 Å². The number of hydrogen-bond donors (Lipinski definition) is 0. The maximum atomic E-state index is 6.48. The van der Waals surface area contributed by atoms with Crippen molar-refractivity contribution in [3.8, 4) is 5.75 Å². The molecule has 131 valence electrons. The topological polar surface area (TPSA) is 18.5 Å². The first kappa shape index (κ1) is 20.7. The zero-order valence-corrected chi connectivity index (χ0v) is 18.5. The second-order valence-electron chi connectivity index (χ2n) is 8.78. The van der Waals surface area contributed by atoms with Crippen molar-refractivity contribution >= 4 is 24.2 Å². The molecule has 2 nitrogen and oxygen atoms in total. The molecular formula is C19H32BrO2Si. The van der Waals surface area contributed by atoms with Crippen LogP contribution in [0.15, 0.2) is 28.7 Å². The number of hydrogen-bond acceptors (Lipinski definition) is 2. The Labute approximate surface area is 152 Å². The zero-order valence-electron chi connectivity index (χ0n) is 15.9. The van der Waals surface area contributed by atoms with Gasteiger partial charge in [-0.1, -0.05) is 63.5 Å². The summed E-state index contributed by atoms with van der Waals surface area (Å²) in [7, 11) is -1.89. The zero-order chi connectivity index (χ0) is 18.1. The first-order chi connectivity index (χ1) is 10.2. The lowest BCUT2D eigenvalue weighted by molar-refractivity contribution is 0.000921. The number of benzene rings is 1. The van der Waals surface area contributed by atoms with E-state index in [9.17, 15) is 0 Å². The van der Waals surface area contributed by atoms with Gasteiger partial charge in [0.05, 0.1) is 6.10 Å². The molecule has 0 N–H and O–H groups in total. The summed E-state index contributed by atoms with van der Waals surface area (Å²) in [4.78, 5) is 0. The molecule has 2 atom stereocenters. The van der Waals surface area contributed by atoms with Gasteiger partial charge in [0.2, 0.25) is 0 Å². The fraction of sp³-hybridized carbons (Fsp3) is 0.632. The molecule has 1 radical (unpaired) electrons. The van der Waals surface area contributed by atoms with Crippen LogP contribution in [0.1, 0.15) is 41.5 Å². The highest BCUT2D eigenvalue weighted by Crippen LogP contribution is 2.39. The van der Waals surface area contributed by atoms with Crippen LogP contribution in [0.25, 0.3) is 0 Å². The third kappa shape index (κ3) is 5.91.